The van der Waals surface area contributed by atoms with Crippen molar-refractivity contribution >= 4 is 17.8 Å². The van der Waals surface area contributed by atoms with Gasteiger partial charge >= 0.3 is 0 Å². The van der Waals surface area contributed by atoms with E-state index >= 15 is 0 Å². The molecule has 108 valence electrons. The van der Waals surface area contributed by atoms with E-state index in [1.807, 2.05) is 0 Å². The fourth-order valence-electron chi connectivity index (χ4n) is 1.17. The maximum absolute atomic E-state index is 9.23. The summed E-state index contributed by atoms with van der Waals surface area (Å²) in [6, 6.07) is 0. The summed E-state index contributed by atoms with van der Waals surface area (Å²) in [5, 5.41) is 32.9. The predicted molar refractivity (Wildman–Crippen MR) is 67.0 cm³/mol. The highest BCUT2D eigenvalue weighted by atomic mass is 16.7. The Morgan fingerprint density at radius 1 is 1.05 bits per heavy atom. The van der Waals surface area contributed by atoms with E-state index in [1.165, 1.54) is 0 Å². The molecular formula is C9H18N6O4. The van der Waals surface area contributed by atoms with Crippen LogP contribution in [0.1, 0.15) is 13.8 Å². The molecule has 0 aliphatic carbocycles. The summed E-state index contributed by atoms with van der Waals surface area (Å²) in [5.74, 6) is 0.196. The number of rotatable bonds is 8. The second kappa shape index (κ2) is 7.63. The molecular weight excluding hydrogens is 256 g/mol. The Labute approximate surface area is 110 Å². The Bertz CT molecular complexity index is 367. The quantitative estimate of drug-likeness (QED) is 0.287. The first-order valence-corrected chi connectivity index (χ1v) is 5.61. The van der Waals surface area contributed by atoms with Crippen molar-refractivity contribution in [1.29, 1.82) is 0 Å². The Hall–Kier alpha value is -1.75. The molecule has 0 aromatic carbocycles. The third-order valence-corrected chi connectivity index (χ3v) is 1.79. The molecule has 0 radical (unpaired) electrons. The molecule has 10 heteroatoms. The summed E-state index contributed by atoms with van der Waals surface area (Å²) < 4.78 is 0. The van der Waals surface area contributed by atoms with Gasteiger partial charge in [-0.25, -0.2) is 0 Å². The van der Waals surface area contributed by atoms with E-state index in [4.69, 9.17) is 15.1 Å². The molecule has 0 atom stereocenters. The fourth-order valence-corrected chi connectivity index (χ4v) is 1.17. The Morgan fingerprint density at radius 3 is 1.95 bits per heavy atom. The molecule has 0 fully saturated rings. The lowest BCUT2D eigenvalue weighted by Crippen LogP contribution is -2.30. The molecule has 0 spiro atoms. The van der Waals surface area contributed by atoms with Crippen LogP contribution in [0.3, 0.4) is 0 Å². The van der Waals surface area contributed by atoms with Crippen LogP contribution in [0.4, 0.5) is 17.8 Å². The highest BCUT2D eigenvalue weighted by Gasteiger charge is 2.14. The highest BCUT2D eigenvalue weighted by Crippen LogP contribution is 2.14. The molecule has 0 bridgehead atoms. The molecule has 0 amide bonds. The fraction of sp³-hybridized carbons (Fsp3) is 0.667. The van der Waals surface area contributed by atoms with E-state index in [9.17, 15) is 5.11 Å². The van der Waals surface area contributed by atoms with Crippen molar-refractivity contribution in [2.45, 2.75) is 20.0 Å². The zero-order valence-electron chi connectivity index (χ0n) is 10.7. The molecule has 5 N–H and O–H groups in total. The zero-order chi connectivity index (χ0) is 14.3. The first kappa shape index (κ1) is 15.3. The van der Waals surface area contributed by atoms with Crippen molar-refractivity contribution in [2.24, 2.45) is 0 Å². The number of hydrogen-bond donors (Lipinski definition) is 5. The van der Waals surface area contributed by atoms with Gasteiger partial charge in [-0.1, -0.05) is 0 Å². The van der Waals surface area contributed by atoms with Crippen LogP contribution >= 0.6 is 0 Å². The number of hydrogen-bond acceptors (Lipinski definition) is 10. The first-order valence-electron chi connectivity index (χ1n) is 5.61. The summed E-state index contributed by atoms with van der Waals surface area (Å²) in [6.45, 7) is 2.37. The van der Waals surface area contributed by atoms with Crippen LogP contribution in [0, 0.1) is 0 Å². The van der Waals surface area contributed by atoms with Gasteiger partial charge in [0.15, 0.2) is 0 Å². The first-order chi connectivity index (χ1) is 9.10. The van der Waals surface area contributed by atoms with Crippen molar-refractivity contribution in [2.75, 3.05) is 35.9 Å². The lowest BCUT2D eigenvalue weighted by atomic mass is 10.5. The lowest BCUT2D eigenvalue weighted by molar-refractivity contribution is 0.0178. The molecule has 0 unspecified atom stereocenters. The largest absolute Gasteiger partial charge is 0.376 e. The van der Waals surface area contributed by atoms with E-state index in [1.54, 1.807) is 13.8 Å². The summed E-state index contributed by atoms with van der Waals surface area (Å²) in [7, 11) is 0. The SMILES string of the molecule is CC(C)ON(CO)c1nc(NCO)nc(NCO)n1. The topological polar surface area (TPSA) is 136 Å². The van der Waals surface area contributed by atoms with E-state index in [0.717, 1.165) is 5.06 Å². The maximum atomic E-state index is 9.23. The van der Waals surface area contributed by atoms with Gasteiger partial charge < -0.3 is 26.0 Å². The Morgan fingerprint density at radius 2 is 1.58 bits per heavy atom. The minimum atomic E-state index is -0.459. The van der Waals surface area contributed by atoms with E-state index in [0.29, 0.717) is 0 Å². The number of aliphatic hydroxyl groups excluding tert-OH is 3. The van der Waals surface area contributed by atoms with Crippen LogP contribution in [-0.2, 0) is 4.84 Å². The van der Waals surface area contributed by atoms with Gasteiger partial charge in [0.05, 0.1) is 6.10 Å². The van der Waals surface area contributed by atoms with Gasteiger partial charge in [-0.3, -0.25) is 4.84 Å². The molecule has 1 aromatic rings. The number of nitrogens with zero attached hydrogens (tertiary/aromatic N) is 4. The van der Waals surface area contributed by atoms with Gasteiger partial charge in [-0.05, 0) is 13.8 Å². The van der Waals surface area contributed by atoms with Crippen molar-refractivity contribution in [1.82, 2.24) is 15.0 Å². The van der Waals surface area contributed by atoms with Gasteiger partial charge in [0.2, 0.25) is 11.9 Å². The van der Waals surface area contributed by atoms with E-state index in [-0.39, 0.29) is 37.4 Å². The van der Waals surface area contributed by atoms with Gasteiger partial charge in [-0.15, -0.1) is 0 Å². The standard InChI is InChI=1S/C9H18N6O4/c1-6(2)19-15(5-18)9-13-7(10-3-16)12-8(14-9)11-4-17/h6,16-18H,3-5H2,1-2H3,(H2,10,11,12,13,14). The molecule has 10 nitrogen and oxygen atoms in total. The smallest absolute Gasteiger partial charge is 0.258 e. The van der Waals surface area contributed by atoms with E-state index < -0.39 is 6.73 Å². The predicted octanol–water partition coefficient (Wildman–Crippen LogP) is -1.31. The second-order valence-electron chi connectivity index (χ2n) is 3.63. The van der Waals surface area contributed by atoms with Crippen molar-refractivity contribution in [3.05, 3.63) is 0 Å². The van der Waals surface area contributed by atoms with Gasteiger partial charge in [0, 0.05) is 0 Å². The van der Waals surface area contributed by atoms with E-state index in [2.05, 4.69) is 25.6 Å². The summed E-state index contributed by atoms with van der Waals surface area (Å²) in [6.07, 6.45) is -0.188. The van der Waals surface area contributed by atoms with Crippen LogP contribution in [0.2, 0.25) is 0 Å². The van der Waals surface area contributed by atoms with Crippen molar-refractivity contribution in [3.8, 4) is 0 Å². The average molecular weight is 274 g/mol. The summed E-state index contributed by atoms with van der Waals surface area (Å²) in [5.41, 5.74) is 0. The molecule has 0 aliphatic heterocycles. The van der Waals surface area contributed by atoms with Crippen LogP contribution in [0.25, 0.3) is 0 Å². The van der Waals surface area contributed by atoms with Crippen molar-refractivity contribution < 1.29 is 20.2 Å². The van der Waals surface area contributed by atoms with Crippen molar-refractivity contribution in [3.63, 3.8) is 0 Å². The third-order valence-electron chi connectivity index (χ3n) is 1.79. The Balaban J connectivity index is 3.01. The minimum absolute atomic E-state index is 0.0399. The number of nitrogens with one attached hydrogen (secondary N) is 2. The van der Waals surface area contributed by atoms with Gasteiger partial charge in [0.1, 0.15) is 20.2 Å². The maximum Gasteiger partial charge on any atom is 0.258 e. The molecule has 1 aromatic heterocycles. The van der Waals surface area contributed by atoms with Gasteiger partial charge in [0.25, 0.3) is 5.95 Å². The van der Waals surface area contributed by atoms with Crippen LogP contribution in [-0.4, -0.2) is 56.6 Å². The number of aliphatic hydroxyl groups is 3. The lowest BCUT2D eigenvalue weighted by Gasteiger charge is -2.22. The zero-order valence-corrected chi connectivity index (χ0v) is 10.7. The molecule has 0 aliphatic rings. The molecule has 1 heterocycles. The van der Waals surface area contributed by atoms with Crippen LogP contribution < -0.4 is 15.7 Å². The number of hydroxylamine groups is 1. The highest BCUT2D eigenvalue weighted by molar-refractivity contribution is 5.41. The summed E-state index contributed by atoms with van der Waals surface area (Å²) >= 11 is 0. The molecule has 0 saturated carbocycles. The summed E-state index contributed by atoms with van der Waals surface area (Å²) in [4.78, 5) is 17.1. The molecule has 0 saturated heterocycles. The second-order valence-corrected chi connectivity index (χ2v) is 3.63. The average Bonchev–Trinajstić information content (AvgIpc) is 2.36. The minimum Gasteiger partial charge on any atom is -0.376 e. The number of aromatic nitrogens is 3. The van der Waals surface area contributed by atoms with Crippen LogP contribution in [0.15, 0.2) is 0 Å². The monoisotopic (exact) mass is 274 g/mol. The Kier molecular flexibility index (Phi) is 6.15. The molecule has 1 rings (SSSR count). The normalized spacial score (nSPS) is 10.6. The van der Waals surface area contributed by atoms with Crippen LogP contribution in [0.5, 0.6) is 0 Å². The number of anilines is 3. The molecule has 19 heavy (non-hydrogen) atoms. The third kappa shape index (κ3) is 4.79. The van der Waals surface area contributed by atoms with Gasteiger partial charge in [-0.2, -0.15) is 20.0 Å².